The first-order valence-corrected chi connectivity index (χ1v) is 10.7. The highest BCUT2D eigenvalue weighted by molar-refractivity contribution is 7.99. The lowest BCUT2D eigenvalue weighted by Gasteiger charge is -2.19. The fourth-order valence-electron chi connectivity index (χ4n) is 2.80. The number of amides is 2. The molecule has 160 valence electrons. The van der Waals surface area contributed by atoms with Crippen molar-refractivity contribution in [3.63, 3.8) is 0 Å². The SMILES string of the molecule is O=C(CCCSc1ccc(NC(=O)c2ccco2)nn1)Nc1ccc2c(c1)OCCO2. The molecule has 0 spiro atoms. The molecule has 0 saturated heterocycles. The summed E-state index contributed by atoms with van der Waals surface area (Å²) >= 11 is 1.49. The van der Waals surface area contributed by atoms with Crippen molar-refractivity contribution in [3.8, 4) is 11.5 Å². The lowest BCUT2D eigenvalue weighted by Crippen LogP contribution is -2.16. The van der Waals surface area contributed by atoms with Crippen LogP contribution in [0.2, 0.25) is 0 Å². The van der Waals surface area contributed by atoms with E-state index in [9.17, 15) is 9.59 Å². The van der Waals surface area contributed by atoms with E-state index in [2.05, 4.69) is 20.8 Å². The minimum Gasteiger partial charge on any atom is -0.486 e. The minimum atomic E-state index is -0.385. The van der Waals surface area contributed by atoms with Crippen LogP contribution in [0.25, 0.3) is 0 Å². The number of hydrogen-bond acceptors (Lipinski definition) is 8. The average molecular weight is 440 g/mol. The van der Waals surface area contributed by atoms with Gasteiger partial charge in [0.15, 0.2) is 23.1 Å². The van der Waals surface area contributed by atoms with E-state index in [1.54, 1.807) is 42.5 Å². The summed E-state index contributed by atoms with van der Waals surface area (Å²) in [6.45, 7) is 1.03. The quantitative estimate of drug-likeness (QED) is 0.403. The van der Waals surface area contributed by atoms with Crippen LogP contribution in [0.4, 0.5) is 11.5 Å². The molecule has 31 heavy (non-hydrogen) atoms. The zero-order valence-electron chi connectivity index (χ0n) is 16.5. The molecule has 0 saturated carbocycles. The van der Waals surface area contributed by atoms with Crippen molar-refractivity contribution < 1.29 is 23.5 Å². The number of fused-ring (bicyclic) bond motifs is 1. The summed E-state index contributed by atoms with van der Waals surface area (Å²) in [6, 6.07) is 12.0. The van der Waals surface area contributed by atoms with Gasteiger partial charge in [0.1, 0.15) is 18.2 Å². The molecule has 0 radical (unpaired) electrons. The Kier molecular flexibility index (Phi) is 6.68. The van der Waals surface area contributed by atoms with E-state index in [-0.39, 0.29) is 17.6 Å². The molecule has 4 rings (SSSR count). The van der Waals surface area contributed by atoms with E-state index >= 15 is 0 Å². The topological polar surface area (TPSA) is 116 Å². The maximum Gasteiger partial charge on any atom is 0.292 e. The van der Waals surface area contributed by atoms with Gasteiger partial charge in [0.05, 0.1) is 6.26 Å². The number of thioether (sulfide) groups is 1. The summed E-state index contributed by atoms with van der Waals surface area (Å²) in [5.41, 5.74) is 0.681. The maximum atomic E-state index is 12.2. The van der Waals surface area contributed by atoms with E-state index in [0.717, 1.165) is 0 Å². The molecule has 0 bridgehead atoms. The normalized spacial score (nSPS) is 12.3. The lowest BCUT2D eigenvalue weighted by molar-refractivity contribution is -0.116. The van der Waals surface area contributed by atoms with Crippen LogP contribution in [0.3, 0.4) is 0 Å². The van der Waals surface area contributed by atoms with Crippen molar-refractivity contribution in [2.45, 2.75) is 17.9 Å². The van der Waals surface area contributed by atoms with Crippen LogP contribution in [-0.2, 0) is 4.79 Å². The molecule has 3 heterocycles. The van der Waals surface area contributed by atoms with Crippen molar-refractivity contribution in [2.75, 3.05) is 29.6 Å². The van der Waals surface area contributed by atoms with Crippen LogP contribution in [-0.4, -0.2) is 41.0 Å². The van der Waals surface area contributed by atoms with Crippen LogP contribution in [0.1, 0.15) is 23.4 Å². The first-order chi connectivity index (χ1) is 15.2. The van der Waals surface area contributed by atoms with Crippen molar-refractivity contribution in [1.82, 2.24) is 10.2 Å². The van der Waals surface area contributed by atoms with Gasteiger partial charge in [-0.2, -0.15) is 0 Å². The predicted molar refractivity (Wildman–Crippen MR) is 115 cm³/mol. The highest BCUT2D eigenvalue weighted by Gasteiger charge is 2.13. The largest absolute Gasteiger partial charge is 0.486 e. The zero-order chi connectivity index (χ0) is 21.5. The summed E-state index contributed by atoms with van der Waals surface area (Å²) in [5, 5.41) is 14.3. The molecule has 0 atom stereocenters. The number of nitrogens with one attached hydrogen (secondary N) is 2. The Hall–Kier alpha value is -3.53. The van der Waals surface area contributed by atoms with Crippen LogP contribution < -0.4 is 20.1 Å². The molecular weight excluding hydrogens is 420 g/mol. The Morgan fingerprint density at radius 2 is 1.87 bits per heavy atom. The summed E-state index contributed by atoms with van der Waals surface area (Å²) in [5.74, 6) is 2.12. The molecule has 0 unspecified atom stereocenters. The molecule has 9 nitrogen and oxygen atoms in total. The monoisotopic (exact) mass is 440 g/mol. The van der Waals surface area contributed by atoms with E-state index in [1.807, 2.05) is 0 Å². The van der Waals surface area contributed by atoms with Gasteiger partial charge in [0.2, 0.25) is 5.91 Å². The van der Waals surface area contributed by atoms with Crippen LogP contribution in [0.5, 0.6) is 11.5 Å². The summed E-state index contributed by atoms with van der Waals surface area (Å²) < 4.78 is 16.0. The summed E-state index contributed by atoms with van der Waals surface area (Å²) in [6.07, 6.45) is 2.49. The minimum absolute atomic E-state index is 0.0700. The highest BCUT2D eigenvalue weighted by atomic mass is 32.2. The molecule has 1 aliphatic rings. The fraction of sp³-hybridized carbons (Fsp3) is 0.238. The average Bonchev–Trinajstić information content (AvgIpc) is 3.33. The van der Waals surface area contributed by atoms with Gasteiger partial charge in [-0.3, -0.25) is 9.59 Å². The third-order valence-corrected chi connectivity index (χ3v) is 5.26. The first kappa shape index (κ1) is 20.7. The molecule has 2 aromatic heterocycles. The third kappa shape index (κ3) is 5.76. The van der Waals surface area contributed by atoms with E-state index in [0.29, 0.717) is 59.8 Å². The van der Waals surface area contributed by atoms with E-state index in [4.69, 9.17) is 13.9 Å². The number of aromatic nitrogens is 2. The summed E-state index contributed by atoms with van der Waals surface area (Å²) in [4.78, 5) is 24.1. The number of hydrogen-bond donors (Lipinski definition) is 2. The molecule has 1 aromatic carbocycles. The Morgan fingerprint density at radius 3 is 2.65 bits per heavy atom. The number of anilines is 2. The molecule has 0 fully saturated rings. The number of carbonyl (C=O) groups excluding carboxylic acids is 2. The molecular formula is C21H20N4O5S. The molecule has 2 N–H and O–H groups in total. The van der Waals surface area contributed by atoms with Crippen molar-refractivity contribution >= 4 is 35.1 Å². The van der Waals surface area contributed by atoms with E-state index in [1.165, 1.54) is 18.0 Å². The molecule has 2 amide bonds. The Labute approximate surface area is 182 Å². The van der Waals surface area contributed by atoms with Crippen LogP contribution in [0.15, 0.2) is 58.2 Å². The number of carbonyl (C=O) groups is 2. The van der Waals surface area contributed by atoms with Gasteiger partial charge in [0.25, 0.3) is 5.91 Å². The molecule has 0 aliphatic carbocycles. The van der Waals surface area contributed by atoms with Crippen LogP contribution >= 0.6 is 11.8 Å². The van der Waals surface area contributed by atoms with Gasteiger partial charge in [0, 0.05) is 23.9 Å². The van der Waals surface area contributed by atoms with Gasteiger partial charge < -0.3 is 24.5 Å². The van der Waals surface area contributed by atoms with Gasteiger partial charge in [-0.05, 0) is 42.8 Å². The van der Waals surface area contributed by atoms with Crippen LogP contribution in [0, 0.1) is 0 Å². The Morgan fingerprint density at radius 1 is 1.00 bits per heavy atom. The predicted octanol–water partition coefficient (Wildman–Crippen LogP) is 3.60. The number of rotatable bonds is 8. The third-order valence-electron chi connectivity index (χ3n) is 4.25. The second kappa shape index (κ2) is 9.98. The van der Waals surface area contributed by atoms with Crippen molar-refractivity contribution in [3.05, 3.63) is 54.5 Å². The number of ether oxygens (including phenoxy) is 2. The van der Waals surface area contributed by atoms with E-state index < -0.39 is 0 Å². The van der Waals surface area contributed by atoms with Crippen molar-refractivity contribution in [1.29, 1.82) is 0 Å². The number of benzene rings is 1. The maximum absolute atomic E-state index is 12.2. The standard InChI is InChI=1S/C21H20N4O5S/c26-19(22-14-5-6-15-17(13-14)30-11-10-29-15)4-2-12-31-20-8-7-18(24-25-20)23-21(27)16-3-1-9-28-16/h1,3,5-9,13H,2,4,10-12H2,(H,22,26)(H,23,24,27). The molecule has 3 aromatic rings. The highest BCUT2D eigenvalue weighted by Crippen LogP contribution is 2.32. The lowest BCUT2D eigenvalue weighted by atomic mass is 10.2. The second-order valence-corrected chi connectivity index (χ2v) is 7.66. The van der Waals surface area contributed by atoms with Gasteiger partial charge in [-0.1, -0.05) is 0 Å². The summed E-state index contributed by atoms with van der Waals surface area (Å²) in [7, 11) is 0. The molecule has 1 aliphatic heterocycles. The Bertz CT molecular complexity index is 1040. The van der Waals surface area contributed by atoms with Gasteiger partial charge in [-0.25, -0.2) is 0 Å². The number of nitrogens with zero attached hydrogens (tertiary/aromatic N) is 2. The van der Waals surface area contributed by atoms with Gasteiger partial charge >= 0.3 is 0 Å². The fourth-order valence-corrected chi connectivity index (χ4v) is 3.56. The zero-order valence-corrected chi connectivity index (χ0v) is 17.3. The number of furan rings is 1. The first-order valence-electron chi connectivity index (χ1n) is 9.68. The smallest absolute Gasteiger partial charge is 0.292 e. The van der Waals surface area contributed by atoms with Crippen molar-refractivity contribution in [2.24, 2.45) is 0 Å². The Balaban J connectivity index is 1.17. The molecule has 10 heteroatoms. The second-order valence-electron chi connectivity index (χ2n) is 6.55. The van der Waals surface area contributed by atoms with Gasteiger partial charge in [-0.15, -0.1) is 22.0 Å².